The largest absolute Gasteiger partial charge is 0.383 e. The summed E-state index contributed by atoms with van der Waals surface area (Å²) in [7, 11) is 0. The standard InChI is InChI=1S/C11H13FO2/c1-8-4-9(6-10(12)5-8)11(13)2-3-14-7-11/h4-6,13H,2-3,7H2,1H3. The maximum absolute atomic E-state index is 13.1. The molecule has 0 aromatic heterocycles. The van der Waals surface area contributed by atoms with E-state index in [1.54, 1.807) is 6.07 Å². The Morgan fingerprint density at radius 2 is 2.21 bits per heavy atom. The van der Waals surface area contributed by atoms with Crippen LogP contribution in [-0.4, -0.2) is 18.3 Å². The zero-order valence-electron chi connectivity index (χ0n) is 8.09. The fraction of sp³-hybridized carbons (Fsp3) is 0.455. The number of hydrogen-bond donors (Lipinski definition) is 1. The summed E-state index contributed by atoms with van der Waals surface area (Å²) in [4.78, 5) is 0. The van der Waals surface area contributed by atoms with Crippen LogP contribution < -0.4 is 0 Å². The highest BCUT2D eigenvalue weighted by atomic mass is 19.1. The minimum atomic E-state index is -0.993. The highest BCUT2D eigenvalue weighted by Gasteiger charge is 2.34. The van der Waals surface area contributed by atoms with E-state index in [0.717, 1.165) is 5.56 Å². The van der Waals surface area contributed by atoms with Crippen molar-refractivity contribution in [1.82, 2.24) is 0 Å². The summed E-state index contributed by atoms with van der Waals surface area (Å²) in [5.74, 6) is -0.305. The number of hydrogen-bond acceptors (Lipinski definition) is 2. The molecule has 1 aromatic rings. The molecular weight excluding hydrogens is 183 g/mol. The molecule has 0 bridgehead atoms. The van der Waals surface area contributed by atoms with Gasteiger partial charge in [0.15, 0.2) is 0 Å². The number of aryl methyl sites for hydroxylation is 1. The summed E-state index contributed by atoms with van der Waals surface area (Å²) in [5, 5.41) is 10.1. The number of rotatable bonds is 1. The van der Waals surface area contributed by atoms with E-state index in [4.69, 9.17) is 4.74 Å². The third kappa shape index (κ3) is 1.65. The van der Waals surface area contributed by atoms with Crippen LogP contribution in [0.5, 0.6) is 0 Å². The van der Waals surface area contributed by atoms with Crippen molar-refractivity contribution >= 4 is 0 Å². The van der Waals surface area contributed by atoms with Crippen LogP contribution in [0, 0.1) is 12.7 Å². The minimum Gasteiger partial charge on any atom is -0.383 e. The maximum Gasteiger partial charge on any atom is 0.123 e. The van der Waals surface area contributed by atoms with E-state index >= 15 is 0 Å². The predicted molar refractivity (Wildman–Crippen MR) is 50.5 cm³/mol. The molecule has 0 radical (unpaired) electrons. The number of benzene rings is 1. The molecule has 76 valence electrons. The monoisotopic (exact) mass is 196 g/mol. The molecule has 1 saturated heterocycles. The summed E-state index contributed by atoms with van der Waals surface area (Å²) < 4.78 is 18.2. The second kappa shape index (κ2) is 3.33. The smallest absolute Gasteiger partial charge is 0.123 e. The lowest BCUT2D eigenvalue weighted by Gasteiger charge is -2.21. The van der Waals surface area contributed by atoms with Crippen molar-refractivity contribution < 1.29 is 14.2 Å². The lowest BCUT2D eigenvalue weighted by atomic mass is 9.92. The minimum absolute atomic E-state index is 0.260. The molecule has 0 saturated carbocycles. The van der Waals surface area contributed by atoms with E-state index in [9.17, 15) is 9.50 Å². The number of halogens is 1. The third-order valence-corrected chi connectivity index (χ3v) is 2.58. The van der Waals surface area contributed by atoms with Crippen LogP contribution in [-0.2, 0) is 10.3 Å². The topological polar surface area (TPSA) is 29.5 Å². The average molecular weight is 196 g/mol. The van der Waals surface area contributed by atoms with Gasteiger partial charge in [0.1, 0.15) is 11.4 Å². The number of aliphatic hydroxyl groups is 1. The van der Waals surface area contributed by atoms with E-state index in [2.05, 4.69) is 0 Å². The third-order valence-electron chi connectivity index (χ3n) is 2.58. The van der Waals surface area contributed by atoms with Gasteiger partial charge in [0, 0.05) is 13.0 Å². The van der Waals surface area contributed by atoms with Gasteiger partial charge in [-0.05, 0) is 30.2 Å². The molecule has 1 heterocycles. The molecule has 0 spiro atoms. The molecule has 2 rings (SSSR count). The molecule has 1 fully saturated rings. The van der Waals surface area contributed by atoms with Gasteiger partial charge in [-0.15, -0.1) is 0 Å². The van der Waals surface area contributed by atoms with Crippen LogP contribution in [0.2, 0.25) is 0 Å². The van der Waals surface area contributed by atoms with Crippen LogP contribution >= 0.6 is 0 Å². The predicted octanol–water partition coefficient (Wildman–Crippen LogP) is 1.74. The Kier molecular flexibility index (Phi) is 2.29. The van der Waals surface area contributed by atoms with Crippen molar-refractivity contribution in [2.75, 3.05) is 13.2 Å². The van der Waals surface area contributed by atoms with E-state index in [1.165, 1.54) is 12.1 Å². The van der Waals surface area contributed by atoms with Crippen molar-refractivity contribution in [2.24, 2.45) is 0 Å². The highest BCUT2D eigenvalue weighted by molar-refractivity contribution is 5.29. The van der Waals surface area contributed by atoms with Gasteiger partial charge in [0.05, 0.1) is 6.61 Å². The molecule has 1 aliphatic heterocycles. The molecule has 1 aliphatic rings. The Labute approximate surface area is 82.3 Å². The van der Waals surface area contributed by atoms with E-state index in [1.807, 2.05) is 6.92 Å². The van der Waals surface area contributed by atoms with Crippen LogP contribution in [0.25, 0.3) is 0 Å². The first-order chi connectivity index (χ1) is 6.60. The Balaban J connectivity index is 2.40. The van der Waals surface area contributed by atoms with Crippen molar-refractivity contribution in [3.63, 3.8) is 0 Å². The quantitative estimate of drug-likeness (QED) is 0.741. The summed E-state index contributed by atoms with van der Waals surface area (Å²) in [6.45, 7) is 2.60. The molecule has 14 heavy (non-hydrogen) atoms. The first-order valence-electron chi connectivity index (χ1n) is 4.68. The van der Waals surface area contributed by atoms with Gasteiger partial charge in [0.25, 0.3) is 0 Å². The Hall–Kier alpha value is -0.930. The molecule has 0 aliphatic carbocycles. The lowest BCUT2D eigenvalue weighted by molar-refractivity contribution is 0.0229. The first-order valence-corrected chi connectivity index (χ1v) is 4.68. The number of ether oxygens (including phenoxy) is 1. The highest BCUT2D eigenvalue weighted by Crippen LogP contribution is 2.31. The van der Waals surface area contributed by atoms with Crippen molar-refractivity contribution in [1.29, 1.82) is 0 Å². The van der Waals surface area contributed by atoms with Gasteiger partial charge < -0.3 is 9.84 Å². The summed E-state index contributed by atoms with van der Waals surface area (Å²) in [6, 6.07) is 4.63. The lowest BCUT2D eigenvalue weighted by Crippen LogP contribution is -2.25. The Morgan fingerprint density at radius 1 is 1.43 bits per heavy atom. The van der Waals surface area contributed by atoms with Crippen LogP contribution in [0.4, 0.5) is 4.39 Å². The fourth-order valence-corrected chi connectivity index (χ4v) is 1.79. The molecule has 1 unspecified atom stereocenters. The zero-order chi connectivity index (χ0) is 10.2. The van der Waals surface area contributed by atoms with E-state index in [0.29, 0.717) is 18.6 Å². The van der Waals surface area contributed by atoms with Gasteiger partial charge in [-0.3, -0.25) is 0 Å². The fourth-order valence-electron chi connectivity index (χ4n) is 1.79. The average Bonchev–Trinajstić information content (AvgIpc) is 2.52. The van der Waals surface area contributed by atoms with Crippen LogP contribution in [0.1, 0.15) is 17.5 Å². The first kappa shape index (κ1) is 9.62. The van der Waals surface area contributed by atoms with Crippen molar-refractivity contribution in [2.45, 2.75) is 18.9 Å². The van der Waals surface area contributed by atoms with Crippen molar-refractivity contribution in [3.8, 4) is 0 Å². The van der Waals surface area contributed by atoms with Gasteiger partial charge in [-0.1, -0.05) is 6.07 Å². The Bertz CT molecular complexity index is 323. The molecule has 1 atom stereocenters. The van der Waals surface area contributed by atoms with Crippen molar-refractivity contribution in [3.05, 3.63) is 35.1 Å². The maximum atomic E-state index is 13.1. The van der Waals surface area contributed by atoms with Crippen LogP contribution in [0.3, 0.4) is 0 Å². The zero-order valence-corrected chi connectivity index (χ0v) is 8.09. The normalized spacial score (nSPS) is 26.8. The summed E-state index contributed by atoms with van der Waals surface area (Å²) in [5.41, 5.74) is 0.445. The summed E-state index contributed by atoms with van der Waals surface area (Å²) in [6.07, 6.45) is 0.538. The summed E-state index contributed by atoms with van der Waals surface area (Å²) >= 11 is 0. The second-order valence-electron chi connectivity index (χ2n) is 3.85. The van der Waals surface area contributed by atoms with Gasteiger partial charge in [0.2, 0.25) is 0 Å². The molecule has 3 heteroatoms. The van der Waals surface area contributed by atoms with Gasteiger partial charge in [-0.2, -0.15) is 0 Å². The molecule has 0 amide bonds. The second-order valence-corrected chi connectivity index (χ2v) is 3.85. The van der Waals surface area contributed by atoms with Crippen LogP contribution in [0.15, 0.2) is 18.2 Å². The van der Waals surface area contributed by atoms with E-state index in [-0.39, 0.29) is 12.4 Å². The van der Waals surface area contributed by atoms with E-state index < -0.39 is 5.60 Å². The SMILES string of the molecule is Cc1cc(F)cc(C2(O)CCOC2)c1. The molecule has 2 nitrogen and oxygen atoms in total. The molecule has 1 N–H and O–H groups in total. The van der Waals surface area contributed by atoms with Gasteiger partial charge in [-0.25, -0.2) is 4.39 Å². The van der Waals surface area contributed by atoms with Gasteiger partial charge >= 0.3 is 0 Å². The molecular formula is C11H13FO2. The Morgan fingerprint density at radius 3 is 2.79 bits per heavy atom. The molecule has 1 aromatic carbocycles.